The first-order chi connectivity index (χ1) is 38.8. The maximum Gasteiger partial charge on any atom is 0.418 e. The molecule has 1 aromatic heterocycles. The molecule has 9 atom stereocenters. The van der Waals surface area contributed by atoms with Gasteiger partial charge >= 0.3 is 18.1 Å². The number of aromatic hydroxyl groups is 1. The number of halogens is 3. The number of alkyl halides is 3. The Balaban J connectivity index is 1.08. The maximum atomic E-state index is 14.9. The summed E-state index contributed by atoms with van der Waals surface area (Å²) in [5.74, 6) is -10.3. The zero-order chi connectivity index (χ0) is 59.7. The van der Waals surface area contributed by atoms with E-state index in [9.17, 15) is 57.3 Å². The fourth-order valence-electron chi connectivity index (χ4n) is 10.9. The number of morpholine rings is 1. The number of carbonyl (C=O) groups excluding carboxylic acids is 6. The van der Waals surface area contributed by atoms with Gasteiger partial charge in [0.15, 0.2) is 0 Å². The number of fused-ring (bicyclic) bond motifs is 14. The van der Waals surface area contributed by atoms with E-state index in [4.69, 9.17) is 28.4 Å². The first-order valence-corrected chi connectivity index (χ1v) is 26.7. The first-order valence-electron chi connectivity index (χ1n) is 26.7. The number of phenols is 1. The molecule has 24 heteroatoms. The van der Waals surface area contributed by atoms with Crippen LogP contribution >= 0.6 is 0 Å². The van der Waals surface area contributed by atoms with Gasteiger partial charge in [-0.15, -0.1) is 0 Å². The van der Waals surface area contributed by atoms with E-state index in [0.717, 1.165) is 12.3 Å². The molecule has 2 fully saturated rings. The molecule has 82 heavy (non-hydrogen) atoms. The first kappa shape index (κ1) is 60.3. The molecule has 0 unspecified atom stereocenters. The van der Waals surface area contributed by atoms with Gasteiger partial charge in [-0.25, -0.2) is 4.79 Å². The molecule has 5 aliphatic heterocycles. The molecule has 2 aromatic carbocycles. The van der Waals surface area contributed by atoms with Crippen molar-refractivity contribution in [3.05, 3.63) is 118 Å². The number of pyridine rings is 1. The molecule has 0 saturated carbocycles. The van der Waals surface area contributed by atoms with Crippen molar-refractivity contribution in [3.8, 4) is 17.2 Å². The number of aromatic nitrogens is 1. The van der Waals surface area contributed by atoms with Gasteiger partial charge < -0.3 is 69.1 Å². The van der Waals surface area contributed by atoms with Crippen molar-refractivity contribution in [1.29, 1.82) is 0 Å². The largest absolute Gasteiger partial charge is 0.507 e. The van der Waals surface area contributed by atoms with Crippen LogP contribution in [0.4, 0.5) is 29.3 Å². The Kier molecular flexibility index (Phi) is 17.9. The summed E-state index contributed by atoms with van der Waals surface area (Å²) in [7, 11) is 2.75. The van der Waals surface area contributed by atoms with Crippen molar-refractivity contribution >= 4 is 46.6 Å². The molecule has 440 valence electrons. The van der Waals surface area contributed by atoms with Crippen LogP contribution in [0.15, 0.2) is 84.2 Å². The van der Waals surface area contributed by atoms with Crippen LogP contribution in [0, 0.1) is 30.6 Å². The minimum Gasteiger partial charge on any atom is -0.507 e. The smallest absolute Gasteiger partial charge is 0.418 e. The maximum absolute atomic E-state index is 14.9. The van der Waals surface area contributed by atoms with Gasteiger partial charge in [0, 0.05) is 105 Å². The summed E-state index contributed by atoms with van der Waals surface area (Å²) in [5.41, 5.74) is -3.25. The average molecular weight is 1150 g/mol. The number of ketones is 3. The summed E-state index contributed by atoms with van der Waals surface area (Å²) in [6.07, 6.45) is -0.784. The predicted molar refractivity (Wildman–Crippen MR) is 289 cm³/mol. The normalized spacial score (nSPS) is 28.1. The van der Waals surface area contributed by atoms with Crippen molar-refractivity contribution in [1.82, 2.24) is 20.1 Å². The van der Waals surface area contributed by atoms with E-state index in [0.29, 0.717) is 5.75 Å². The lowest BCUT2D eigenvalue weighted by Gasteiger charge is -2.40. The third kappa shape index (κ3) is 11.9. The van der Waals surface area contributed by atoms with E-state index in [2.05, 4.69) is 15.6 Å². The topological polar surface area (TPSA) is 265 Å². The average Bonchev–Trinajstić information content (AvgIpc) is 1.80. The van der Waals surface area contributed by atoms with Crippen molar-refractivity contribution in [2.45, 2.75) is 84.8 Å². The Bertz CT molecular complexity index is 3150. The molecule has 0 radical (unpaired) electrons. The molecule has 21 nitrogen and oxygen atoms in total. The van der Waals surface area contributed by atoms with E-state index >= 15 is 0 Å². The summed E-state index contributed by atoms with van der Waals surface area (Å²) in [4.78, 5) is 93.8. The number of aliphatic hydroxyl groups is 2. The van der Waals surface area contributed by atoms with Crippen LogP contribution in [0.5, 0.6) is 17.2 Å². The number of nitrogens with zero attached hydrogens (tertiary/aromatic N) is 4. The van der Waals surface area contributed by atoms with Gasteiger partial charge in [0.25, 0.3) is 17.6 Å². The van der Waals surface area contributed by atoms with E-state index in [1.807, 2.05) is 0 Å². The predicted octanol–water partition coefficient (Wildman–Crippen LogP) is 6.36. The number of aliphatic hydroxyl groups excluding tert-OH is 2. The highest BCUT2D eigenvalue weighted by molar-refractivity contribution is 6.32. The summed E-state index contributed by atoms with van der Waals surface area (Å²) in [6, 6.07) is 4.68. The second-order valence-corrected chi connectivity index (χ2v) is 21.2. The molecule has 3 aromatic rings. The number of nitrogens with one attached hydrogen (secondary N) is 2. The number of phenolic OH excluding ortho intramolecular Hbond substituents is 1. The van der Waals surface area contributed by atoms with Gasteiger partial charge in [-0.3, -0.25) is 29.0 Å². The van der Waals surface area contributed by atoms with Gasteiger partial charge in [-0.1, -0.05) is 45.9 Å². The van der Waals surface area contributed by atoms with Crippen molar-refractivity contribution in [2.24, 2.45) is 23.7 Å². The minimum atomic E-state index is -4.88. The zero-order valence-corrected chi connectivity index (χ0v) is 46.8. The Labute approximate surface area is 471 Å². The number of carbonyl (C=O) groups is 6. The highest BCUT2D eigenvalue weighted by atomic mass is 19.4. The SMILES string of the molecule is COc1cncc(NC(=O)c2ccc(N3CCN(C(=O)O[C@H]4[C@H](C)[C@H](O)[C@H](C)[C@@H](O)[C@@H](C)/C=C/C=C(/C)C(=O)NC5=C(N6CCOCC6)C(=O)c6c(c(O)c(C)c7c6C(=O)[C@@](C)(O/C=C/[C@H](OC)[C@H]4C)O7)C5=O)CC3)c(C(F)(F)F)c2)c1. The molecular weight excluding hydrogens is 1080 g/mol. The second-order valence-electron chi connectivity index (χ2n) is 21.2. The van der Waals surface area contributed by atoms with Gasteiger partial charge in [-0.2, -0.15) is 13.2 Å². The molecule has 1 aliphatic carbocycles. The molecule has 0 spiro atoms. The van der Waals surface area contributed by atoms with Crippen LogP contribution in [0.1, 0.15) is 94.1 Å². The monoisotopic (exact) mass is 1140 g/mol. The number of allylic oxidation sites excluding steroid dienone is 4. The fourth-order valence-corrected chi connectivity index (χ4v) is 10.9. The molecule has 6 heterocycles. The number of amides is 3. The lowest BCUT2D eigenvalue weighted by molar-refractivity contribution is -0.137. The standard InChI is InChI=1S/C58H67F3N6O15/c1-29-11-10-12-30(2)54(74)64-44-45(66-20-23-79-24-21-66)50(72)41-42(49(44)71)48(70)34(6)52-43(41)53(73)57(7,82-52)80-22-15-40(78-9)31(3)51(33(5)47(69)32(4)46(29)68)81-56(76)67-18-16-65(17-19-67)39-14-13-35(25-38(39)58(59,60)61)55(75)63-36-26-37(77-8)28-62-27-36/h10-15,22,25-29,31-33,40,46-47,51,68-70H,16-21,23-24H2,1-9H3,(H,63,75)(H,64,74)/b11-10+,22-15+,30-12-/t29-,31+,32+,33+,40-,46-,47+,51+,57-/m0/s1. The summed E-state index contributed by atoms with van der Waals surface area (Å²) in [5, 5.41) is 40.5. The molecule has 6 aliphatic rings. The lowest BCUT2D eigenvalue weighted by Crippen LogP contribution is -2.52. The number of methoxy groups -OCH3 is 2. The van der Waals surface area contributed by atoms with Crippen LogP contribution in [0.25, 0.3) is 0 Å². The number of ether oxygens (including phenoxy) is 6. The molecular formula is C58H67F3N6O15. The number of anilines is 2. The number of piperazine rings is 1. The van der Waals surface area contributed by atoms with E-state index < -0.39 is 123 Å². The number of benzene rings is 2. The molecule has 5 bridgehead atoms. The number of hydrogen-bond acceptors (Lipinski definition) is 18. The summed E-state index contributed by atoms with van der Waals surface area (Å²) >= 11 is 0. The highest BCUT2D eigenvalue weighted by Crippen LogP contribution is 2.49. The minimum absolute atomic E-state index is 0.0647. The van der Waals surface area contributed by atoms with Gasteiger partial charge in [-0.05, 0) is 38.1 Å². The van der Waals surface area contributed by atoms with E-state index in [1.54, 1.807) is 38.7 Å². The third-order valence-electron chi connectivity index (χ3n) is 15.8. The summed E-state index contributed by atoms with van der Waals surface area (Å²) in [6.45, 7) is 11.0. The quantitative estimate of drug-likeness (QED) is 0.172. The Morgan fingerprint density at radius 2 is 1.55 bits per heavy atom. The lowest BCUT2D eigenvalue weighted by atomic mass is 9.78. The van der Waals surface area contributed by atoms with Crippen LogP contribution < -0.4 is 25.0 Å². The fraction of sp³-hybridized carbons (Fsp3) is 0.466. The second kappa shape index (κ2) is 24.3. The van der Waals surface area contributed by atoms with Gasteiger partial charge in [0.2, 0.25) is 11.6 Å². The Hall–Kier alpha value is -7.80. The Morgan fingerprint density at radius 1 is 0.854 bits per heavy atom. The number of hydrogen-bond donors (Lipinski definition) is 5. The van der Waals surface area contributed by atoms with Crippen molar-refractivity contribution in [2.75, 3.05) is 76.9 Å². The number of Topliss-reactive ketones (excluding diaryl/α,β-unsaturated/α-hetero) is 3. The van der Waals surface area contributed by atoms with Crippen LogP contribution in [0.2, 0.25) is 0 Å². The van der Waals surface area contributed by atoms with Gasteiger partial charge in [0.05, 0.1) is 85.2 Å². The Morgan fingerprint density at radius 3 is 2.21 bits per heavy atom. The van der Waals surface area contributed by atoms with E-state index in [1.165, 1.54) is 93.6 Å². The van der Waals surface area contributed by atoms with Gasteiger partial charge in [0.1, 0.15) is 34.7 Å². The van der Waals surface area contributed by atoms with Crippen LogP contribution in [-0.2, 0) is 29.9 Å². The number of rotatable bonds is 7. The molecule has 9 rings (SSSR count). The van der Waals surface area contributed by atoms with Crippen LogP contribution in [-0.4, -0.2) is 162 Å². The molecule has 5 N–H and O–H groups in total. The highest BCUT2D eigenvalue weighted by Gasteiger charge is 2.53. The molecule has 3 amide bonds. The third-order valence-corrected chi connectivity index (χ3v) is 15.8. The van der Waals surface area contributed by atoms with Crippen LogP contribution in [0.3, 0.4) is 0 Å². The van der Waals surface area contributed by atoms with Crippen molar-refractivity contribution < 1.29 is 85.7 Å². The summed E-state index contributed by atoms with van der Waals surface area (Å²) < 4.78 is 79.1. The zero-order valence-electron chi connectivity index (χ0n) is 46.8. The van der Waals surface area contributed by atoms with Crippen molar-refractivity contribution in [3.63, 3.8) is 0 Å². The molecule has 2 saturated heterocycles. The van der Waals surface area contributed by atoms with E-state index in [-0.39, 0.29) is 97.6 Å².